The largest absolute Gasteiger partial charge is 0.398 e. The van der Waals surface area contributed by atoms with E-state index in [0.717, 1.165) is 0 Å². The van der Waals surface area contributed by atoms with E-state index in [9.17, 15) is 9.59 Å². The van der Waals surface area contributed by atoms with Crippen molar-refractivity contribution >= 4 is 29.1 Å². The Hall–Kier alpha value is -1.75. The molecule has 4 N–H and O–H groups in total. The Kier molecular flexibility index (Phi) is 3.41. The number of nitrogens with zero attached hydrogens (tertiary/aromatic N) is 1. The maximum Gasteiger partial charge on any atom is 0.253 e. The number of anilines is 1. The van der Waals surface area contributed by atoms with Crippen molar-refractivity contribution in [2.45, 2.75) is 13.3 Å². The lowest BCUT2D eigenvalue weighted by molar-refractivity contribution is -0.126. The fraction of sp³-hybridized carbons (Fsp3) is 0.385. The molecule has 0 aliphatic carbocycles. The first-order valence-corrected chi connectivity index (χ1v) is 6.35. The van der Waals surface area contributed by atoms with Gasteiger partial charge in [0.15, 0.2) is 0 Å². The summed E-state index contributed by atoms with van der Waals surface area (Å²) >= 11 is 5.82. The number of rotatable bonds is 2. The van der Waals surface area contributed by atoms with Gasteiger partial charge in [-0.1, -0.05) is 11.6 Å². The van der Waals surface area contributed by atoms with Crippen LogP contribution in [-0.4, -0.2) is 29.8 Å². The molecule has 2 amide bonds. The SMILES string of the molecule is CC1(C(N)=O)CCN(C(=O)c2ccc(Cl)c(N)c2)C1. The van der Waals surface area contributed by atoms with Crippen molar-refractivity contribution in [1.29, 1.82) is 0 Å². The number of primary amides is 1. The molecular weight excluding hydrogens is 266 g/mol. The Balaban J connectivity index is 2.18. The Bertz CT molecular complexity index is 547. The van der Waals surface area contributed by atoms with Crippen LogP contribution in [0.4, 0.5) is 5.69 Å². The van der Waals surface area contributed by atoms with Gasteiger partial charge in [0.25, 0.3) is 5.91 Å². The first kappa shape index (κ1) is 13.7. The van der Waals surface area contributed by atoms with Gasteiger partial charge in [0.1, 0.15) is 0 Å². The molecule has 1 unspecified atom stereocenters. The fourth-order valence-electron chi connectivity index (χ4n) is 2.19. The van der Waals surface area contributed by atoms with Crippen LogP contribution in [0.25, 0.3) is 0 Å². The van der Waals surface area contributed by atoms with E-state index in [1.165, 1.54) is 0 Å². The monoisotopic (exact) mass is 281 g/mol. The summed E-state index contributed by atoms with van der Waals surface area (Å²) in [5, 5.41) is 0.417. The molecule has 19 heavy (non-hydrogen) atoms. The van der Waals surface area contributed by atoms with Crippen LogP contribution in [0.3, 0.4) is 0 Å². The zero-order chi connectivity index (χ0) is 14.2. The quantitative estimate of drug-likeness (QED) is 0.800. The summed E-state index contributed by atoms with van der Waals surface area (Å²) in [5.41, 5.74) is 11.2. The maximum atomic E-state index is 12.3. The Labute approximate surface area is 116 Å². The second-order valence-corrected chi connectivity index (χ2v) is 5.55. The number of amides is 2. The predicted molar refractivity (Wildman–Crippen MR) is 73.7 cm³/mol. The molecule has 1 atom stereocenters. The molecule has 1 aliphatic rings. The van der Waals surface area contributed by atoms with Crippen LogP contribution in [0.2, 0.25) is 5.02 Å². The Morgan fingerprint density at radius 3 is 2.63 bits per heavy atom. The Morgan fingerprint density at radius 2 is 2.11 bits per heavy atom. The minimum absolute atomic E-state index is 0.159. The average Bonchev–Trinajstić information content (AvgIpc) is 2.76. The summed E-state index contributed by atoms with van der Waals surface area (Å²) in [6, 6.07) is 4.76. The van der Waals surface area contributed by atoms with Crippen molar-refractivity contribution in [2.24, 2.45) is 11.1 Å². The highest BCUT2D eigenvalue weighted by Crippen LogP contribution is 2.31. The van der Waals surface area contributed by atoms with Crippen LogP contribution >= 0.6 is 11.6 Å². The van der Waals surface area contributed by atoms with Crippen molar-refractivity contribution in [3.05, 3.63) is 28.8 Å². The minimum Gasteiger partial charge on any atom is -0.398 e. The molecule has 0 aromatic heterocycles. The summed E-state index contributed by atoms with van der Waals surface area (Å²) in [6.45, 7) is 2.63. The van der Waals surface area contributed by atoms with Crippen molar-refractivity contribution in [3.8, 4) is 0 Å². The molecule has 0 spiro atoms. The third-order valence-corrected chi connectivity index (χ3v) is 3.94. The molecule has 1 aliphatic heterocycles. The summed E-state index contributed by atoms with van der Waals surface area (Å²) in [5.74, 6) is -0.535. The predicted octanol–water partition coefficient (Wildman–Crippen LogP) is 1.26. The van der Waals surface area contributed by atoms with Crippen LogP contribution in [0.1, 0.15) is 23.7 Å². The summed E-state index contributed by atoms with van der Waals surface area (Å²) in [7, 11) is 0. The molecule has 1 aromatic rings. The molecule has 1 saturated heterocycles. The first-order valence-electron chi connectivity index (χ1n) is 5.98. The molecule has 0 saturated carbocycles. The van der Waals surface area contributed by atoms with E-state index in [1.54, 1.807) is 30.0 Å². The third kappa shape index (κ3) is 2.51. The number of benzene rings is 1. The van der Waals surface area contributed by atoms with E-state index >= 15 is 0 Å². The van der Waals surface area contributed by atoms with Gasteiger partial charge in [-0.2, -0.15) is 0 Å². The average molecular weight is 282 g/mol. The Morgan fingerprint density at radius 1 is 1.42 bits per heavy atom. The zero-order valence-corrected chi connectivity index (χ0v) is 11.4. The zero-order valence-electron chi connectivity index (χ0n) is 10.6. The molecule has 1 fully saturated rings. The molecular formula is C13H16ClN3O2. The highest BCUT2D eigenvalue weighted by Gasteiger charge is 2.40. The van der Waals surface area contributed by atoms with Crippen molar-refractivity contribution in [2.75, 3.05) is 18.8 Å². The lowest BCUT2D eigenvalue weighted by atomic mass is 9.89. The summed E-state index contributed by atoms with van der Waals surface area (Å²) in [4.78, 5) is 25.3. The molecule has 1 aromatic carbocycles. The molecule has 0 radical (unpaired) electrons. The van der Waals surface area contributed by atoms with E-state index in [0.29, 0.717) is 35.8 Å². The van der Waals surface area contributed by atoms with Gasteiger partial charge >= 0.3 is 0 Å². The topological polar surface area (TPSA) is 89.4 Å². The van der Waals surface area contributed by atoms with Gasteiger partial charge in [-0.3, -0.25) is 9.59 Å². The summed E-state index contributed by atoms with van der Waals surface area (Å²) < 4.78 is 0. The van der Waals surface area contributed by atoms with Crippen molar-refractivity contribution in [1.82, 2.24) is 4.90 Å². The van der Waals surface area contributed by atoms with Crippen molar-refractivity contribution in [3.63, 3.8) is 0 Å². The molecule has 1 heterocycles. The van der Waals surface area contributed by atoms with Crippen LogP contribution in [0.15, 0.2) is 18.2 Å². The summed E-state index contributed by atoms with van der Waals surface area (Å²) in [6.07, 6.45) is 0.581. The number of carbonyl (C=O) groups is 2. The number of nitrogen functional groups attached to an aromatic ring is 1. The number of halogens is 1. The lowest BCUT2D eigenvalue weighted by Gasteiger charge is -2.21. The molecule has 102 valence electrons. The number of hydrogen-bond donors (Lipinski definition) is 2. The fourth-order valence-corrected chi connectivity index (χ4v) is 2.31. The molecule has 5 nitrogen and oxygen atoms in total. The van der Waals surface area contributed by atoms with Gasteiger partial charge in [0, 0.05) is 18.7 Å². The van der Waals surface area contributed by atoms with Gasteiger partial charge in [-0.05, 0) is 31.5 Å². The molecule has 6 heteroatoms. The van der Waals surface area contributed by atoms with Gasteiger partial charge in [-0.15, -0.1) is 0 Å². The maximum absolute atomic E-state index is 12.3. The van der Waals surface area contributed by atoms with E-state index in [2.05, 4.69) is 0 Å². The smallest absolute Gasteiger partial charge is 0.253 e. The highest BCUT2D eigenvalue weighted by molar-refractivity contribution is 6.33. The van der Waals surface area contributed by atoms with Gasteiger partial charge < -0.3 is 16.4 Å². The van der Waals surface area contributed by atoms with E-state index in [1.807, 2.05) is 0 Å². The van der Waals surface area contributed by atoms with Crippen LogP contribution < -0.4 is 11.5 Å². The first-order chi connectivity index (χ1) is 8.83. The van der Waals surface area contributed by atoms with Gasteiger partial charge in [0.2, 0.25) is 5.91 Å². The lowest BCUT2D eigenvalue weighted by Crippen LogP contribution is -2.38. The number of likely N-dealkylation sites (tertiary alicyclic amines) is 1. The number of nitrogens with two attached hydrogens (primary N) is 2. The van der Waals surface area contributed by atoms with Crippen LogP contribution in [0, 0.1) is 5.41 Å². The second-order valence-electron chi connectivity index (χ2n) is 5.14. The highest BCUT2D eigenvalue weighted by atomic mass is 35.5. The molecule has 0 bridgehead atoms. The minimum atomic E-state index is -0.645. The number of carbonyl (C=O) groups excluding carboxylic acids is 2. The van der Waals surface area contributed by atoms with E-state index in [-0.39, 0.29) is 11.8 Å². The van der Waals surface area contributed by atoms with Gasteiger partial charge in [-0.25, -0.2) is 0 Å². The number of hydrogen-bond acceptors (Lipinski definition) is 3. The third-order valence-electron chi connectivity index (χ3n) is 3.60. The standard InChI is InChI=1S/C13H16ClN3O2/c1-13(12(16)19)4-5-17(7-13)11(18)8-2-3-9(14)10(15)6-8/h2-3,6H,4-5,7,15H2,1H3,(H2,16,19). The van der Waals surface area contributed by atoms with Crippen LogP contribution in [-0.2, 0) is 4.79 Å². The second kappa shape index (κ2) is 4.74. The van der Waals surface area contributed by atoms with E-state index < -0.39 is 5.41 Å². The van der Waals surface area contributed by atoms with Gasteiger partial charge in [0.05, 0.1) is 16.1 Å². The van der Waals surface area contributed by atoms with E-state index in [4.69, 9.17) is 23.1 Å². The normalized spacial score (nSPS) is 22.5. The van der Waals surface area contributed by atoms with Crippen molar-refractivity contribution < 1.29 is 9.59 Å². The van der Waals surface area contributed by atoms with Crippen LogP contribution in [0.5, 0.6) is 0 Å². The molecule has 2 rings (SSSR count).